The van der Waals surface area contributed by atoms with E-state index in [9.17, 15) is 0 Å². The van der Waals surface area contributed by atoms with Crippen LogP contribution in [-0.2, 0) is 6.42 Å². The molecule has 0 aliphatic carbocycles. The summed E-state index contributed by atoms with van der Waals surface area (Å²) in [5.41, 5.74) is 1.99. The number of pyridine rings is 2. The Kier molecular flexibility index (Phi) is 5.75. The predicted octanol–water partition coefficient (Wildman–Crippen LogP) is 4.52. The molecule has 0 aliphatic rings. The highest BCUT2D eigenvalue weighted by atomic mass is 16.5. The Hall–Kier alpha value is -2.46. The van der Waals surface area contributed by atoms with Gasteiger partial charge in [-0.25, -0.2) is 4.98 Å². The zero-order chi connectivity index (χ0) is 16.6. The lowest BCUT2D eigenvalue weighted by atomic mass is 10.1. The van der Waals surface area contributed by atoms with Crippen LogP contribution in [0.1, 0.15) is 31.4 Å². The van der Waals surface area contributed by atoms with Crippen LogP contribution in [-0.4, -0.2) is 21.7 Å². The van der Waals surface area contributed by atoms with E-state index in [2.05, 4.69) is 9.97 Å². The topological polar surface area (TPSA) is 55.2 Å². The number of para-hydroxylation sites is 1. The molecular weight excluding hydrogens is 300 g/mol. The highest BCUT2D eigenvalue weighted by Crippen LogP contribution is 2.22. The van der Waals surface area contributed by atoms with Gasteiger partial charge >= 0.3 is 0 Å². The summed E-state index contributed by atoms with van der Waals surface area (Å²) < 4.78 is 5.80. The fourth-order valence-electron chi connectivity index (χ4n) is 2.62. The standard InChI is InChI=1S/C20H22N2O2/c23-14-6-2-1-3-8-17-11-12-18(15-21-17)24-20-13-10-16-7-4-5-9-19(16)22-20/h4-5,7,9-13,15,23H,1-3,6,8,14H2. The van der Waals surface area contributed by atoms with Crippen LogP contribution in [0.4, 0.5) is 0 Å². The Morgan fingerprint density at radius 3 is 2.58 bits per heavy atom. The zero-order valence-corrected chi connectivity index (χ0v) is 13.7. The van der Waals surface area contributed by atoms with Crippen molar-refractivity contribution in [3.8, 4) is 11.6 Å². The first-order valence-electron chi connectivity index (χ1n) is 8.44. The number of aliphatic hydroxyl groups excluding tert-OH is 1. The largest absolute Gasteiger partial charge is 0.437 e. The lowest BCUT2D eigenvalue weighted by Crippen LogP contribution is -1.93. The number of hydrogen-bond donors (Lipinski definition) is 1. The molecule has 0 fully saturated rings. The first kappa shape index (κ1) is 16.4. The minimum absolute atomic E-state index is 0.285. The molecule has 0 saturated heterocycles. The molecule has 3 rings (SSSR count). The molecule has 1 N–H and O–H groups in total. The maximum absolute atomic E-state index is 8.76. The molecule has 0 spiro atoms. The molecule has 1 aromatic carbocycles. The van der Waals surface area contributed by atoms with Gasteiger partial charge in [-0.3, -0.25) is 4.98 Å². The van der Waals surface area contributed by atoms with E-state index in [-0.39, 0.29) is 6.61 Å². The number of ether oxygens (including phenoxy) is 1. The monoisotopic (exact) mass is 322 g/mol. The van der Waals surface area contributed by atoms with E-state index in [1.54, 1.807) is 6.20 Å². The lowest BCUT2D eigenvalue weighted by Gasteiger charge is -2.06. The van der Waals surface area contributed by atoms with Crippen LogP contribution >= 0.6 is 0 Å². The van der Waals surface area contributed by atoms with Crippen LogP contribution in [0.25, 0.3) is 10.9 Å². The second kappa shape index (κ2) is 8.41. The number of benzene rings is 1. The van der Waals surface area contributed by atoms with Crippen molar-refractivity contribution in [3.63, 3.8) is 0 Å². The Bertz CT molecular complexity index is 772. The molecule has 0 bridgehead atoms. The van der Waals surface area contributed by atoms with Gasteiger partial charge in [0.25, 0.3) is 0 Å². The summed E-state index contributed by atoms with van der Waals surface area (Å²) in [7, 11) is 0. The Balaban J connectivity index is 1.57. The van der Waals surface area contributed by atoms with E-state index in [0.717, 1.165) is 48.7 Å². The number of aromatic nitrogens is 2. The number of hydrogen-bond acceptors (Lipinski definition) is 4. The van der Waals surface area contributed by atoms with E-state index in [1.807, 2.05) is 48.5 Å². The molecular formula is C20H22N2O2. The average Bonchev–Trinajstić information content (AvgIpc) is 2.63. The van der Waals surface area contributed by atoms with Crippen molar-refractivity contribution in [1.29, 1.82) is 0 Å². The van der Waals surface area contributed by atoms with Crippen LogP contribution in [0, 0.1) is 0 Å². The van der Waals surface area contributed by atoms with Gasteiger partial charge in [-0.05, 0) is 43.5 Å². The van der Waals surface area contributed by atoms with E-state index < -0.39 is 0 Å². The van der Waals surface area contributed by atoms with Gasteiger partial charge in [-0.2, -0.15) is 0 Å². The highest BCUT2D eigenvalue weighted by Gasteiger charge is 2.02. The Morgan fingerprint density at radius 2 is 1.75 bits per heavy atom. The Labute approximate surface area is 142 Å². The molecule has 0 radical (unpaired) electrons. The van der Waals surface area contributed by atoms with Gasteiger partial charge in [0, 0.05) is 23.8 Å². The molecule has 3 aromatic rings. The average molecular weight is 322 g/mol. The van der Waals surface area contributed by atoms with E-state index in [0.29, 0.717) is 11.6 Å². The second-order valence-electron chi connectivity index (χ2n) is 5.82. The summed E-state index contributed by atoms with van der Waals surface area (Å²) in [6.07, 6.45) is 6.89. The van der Waals surface area contributed by atoms with Crippen LogP contribution in [0.2, 0.25) is 0 Å². The number of unbranched alkanes of at least 4 members (excludes halogenated alkanes) is 3. The minimum atomic E-state index is 0.285. The number of fused-ring (bicyclic) bond motifs is 1. The third kappa shape index (κ3) is 4.52. The van der Waals surface area contributed by atoms with Gasteiger partial charge in [0.15, 0.2) is 0 Å². The zero-order valence-electron chi connectivity index (χ0n) is 13.7. The van der Waals surface area contributed by atoms with Crippen molar-refractivity contribution in [2.24, 2.45) is 0 Å². The summed E-state index contributed by atoms with van der Waals surface area (Å²) in [6.45, 7) is 0.285. The lowest BCUT2D eigenvalue weighted by molar-refractivity contribution is 0.282. The van der Waals surface area contributed by atoms with Gasteiger partial charge < -0.3 is 9.84 Å². The smallest absolute Gasteiger partial charge is 0.219 e. The van der Waals surface area contributed by atoms with Crippen molar-refractivity contribution in [2.45, 2.75) is 32.1 Å². The molecule has 2 heterocycles. The van der Waals surface area contributed by atoms with Crippen molar-refractivity contribution >= 4 is 10.9 Å². The number of aryl methyl sites for hydroxylation is 1. The normalized spacial score (nSPS) is 10.9. The summed E-state index contributed by atoms with van der Waals surface area (Å²) in [6, 6.07) is 15.8. The van der Waals surface area contributed by atoms with E-state index in [4.69, 9.17) is 9.84 Å². The maximum atomic E-state index is 8.76. The first-order chi connectivity index (χ1) is 11.8. The molecule has 0 amide bonds. The summed E-state index contributed by atoms with van der Waals surface area (Å²) in [5.74, 6) is 1.27. The molecule has 4 nitrogen and oxygen atoms in total. The molecule has 2 aromatic heterocycles. The number of rotatable bonds is 8. The number of nitrogens with zero attached hydrogens (tertiary/aromatic N) is 2. The molecule has 24 heavy (non-hydrogen) atoms. The van der Waals surface area contributed by atoms with E-state index >= 15 is 0 Å². The fraction of sp³-hybridized carbons (Fsp3) is 0.300. The van der Waals surface area contributed by atoms with Crippen LogP contribution in [0.3, 0.4) is 0 Å². The third-order valence-electron chi connectivity index (χ3n) is 3.93. The van der Waals surface area contributed by atoms with Gasteiger partial charge in [0.2, 0.25) is 5.88 Å². The van der Waals surface area contributed by atoms with Crippen molar-refractivity contribution in [3.05, 3.63) is 60.4 Å². The third-order valence-corrected chi connectivity index (χ3v) is 3.93. The maximum Gasteiger partial charge on any atom is 0.219 e. The molecule has 0 unspecified atom stereocenters. The van der Waals surface area contributed by atoms with Crippen molar-refractivity contribution < 1.29 is 9.84 Å². The van der Waals surface area contributed by atoms with Crippen molar-refractivity contribution in [2.75, 3.05) is 6.61 Å². The predicted molar refractivity (Wildman–Crippen MR) is 95.3 cm³/mol. The number of aliphatic hydroxyl groups is 1. The fourth-order valence-corrected chi connectivity index (χ4v) is 2.62. The first-order valence-corrected chi connectivity index (χ1v) is 8.44. The SMILES string of the molecule is OCCCCCCc1ccc(Oc2ccc3ccccc3n2)cn1. The van der Waals surface area contributed by atoms with E-state index in [1.165, 1.54) is 0 Å². The highest BCUT2D eigenvalue weighted by molar-refractivity contribution is 5.78. The summed E-state index contributed by atoms with van der Waals surface area (Å²) in [4.78, 5) is 8.95. The molecule has 4 heteroatoms. The minimum Gasteiger partial charge on any atom is -0.437 e. The van der Waals surface area contributed by atoms with Gasteiger partial charge in [-0.1, -0.05) is 31.0 Å². The Morgan fingerprint density at radius 1 is 0.875 bits per heavy atom. The molecule has 124 valence electrons. The molecule has 0 atom stereocenters. The van der Waals surface area contributed by atoms with Crippen molar-refractivity contribution in [1.82, 2.24) is 9.97 Å². The van der Waals surface area contributed by atoms with Gasteiger partial charge in [-0.15, -0.1) is 0 Å². The van der Waals surface area contributed by atoms with Crippen LogP contribution < -0.4 is 4.74 Å². The van der Waals surface area contributed by atoms with Gasteiger partial charge in [0.05, 0.1) is 11.7 Å². The second-order valence-corrected chi connectivity index (χ2v) is 5.82. The van der Waals surface area contributed by atoms with Gasteiger partial charge in [0.1, 0.15) is 5.75 Å². The summed E-state index contributed by atoms with van der Waals surface area (Å²) in [5, 5.41) is 9.86. The summed E-state index contributed by atoms with van der Waals surface area (Å²) >= 11 is 0. The van der Waals surface area contributed by atoms with Crippen LogP contribution in [0.15, 0.2) is 54.7 Å². The van der Waals surface area contributed by atoms with Crippen LogP contribution in [0.5, 0.6) is 11.6 Å². The quantitative estimate of drug-likeness (QED) is 0.620. The molecule has 0 saturated carbocycles. The molecule has 0 aliphatic heterocycles.